The molecule has 1 atom stereocenters. The summed E-state index contributed by atoms with van der Waals surface area (Å²) in [5, 5.41) is 3.62. The van der Waals surface area contributed by atoms with E-state index in [0.717, 1.165) is 17.4 Å². The number of anilines is 1. The quantitative estimate of drug-likeness (QED) is 0.771. The molecule has 2 aromatic rings. The molecule has 7 heteroatoms. The molecule has 0 saturated carbocycles. The van der Waals surface area contributed by atoms with Gasteiger partial charge in [-0.15, -0.1) is 0 Å². The van der Waals surface area contributed by atoms with Gasteiger partial charge in [-0.25, -0.2) is 8.42 Å². The van der Waals surface area contributed by atoms with Crippen LogP contribution in [-0.4, -0.2) is 20.6 Å². The third kappa shape index (κ3) is 6.76. The van der Waals surface area contributed by atoms with Crippen molar-refractivity contribution in [3.05, 3.63) is 64.7 Å². The van der Waals surface area contributed by atoms with E-state index in [1.54, 1.807) is 24.3 Å². The molecule has 0 saturated heterocycles. The Bertz CT molecular complexity index is 818. The van der Waals surface area contributed by atoms with Crippen LogP contribution in [-0.2, 0) is 21.2 Å². The highest BCUT2D eigenvalue weighted by molar-refractivity contribution is 7.92. The smallest absolute Gasteiger partial charge is 0.229 e. The summed E-state index contributed by atoms with van der Waals surface area (Å²) in [6, 6.07) is 14.2. The normalized spacial score (nSPS) is 12.4. The Balaban J connectivity index is 1.86. The molecule has 1 amide bonds. The lowest BCUT2D eigenvalue weighted by Crippen LogP contribution is -2.26. The predicted molar refractivity (Wildman–Crippen MR) is 101 cm³/mol. The number of carbonyl (C=O) groups excluding carboxylic acids is 1. The average Bonchev–Trinajstić information content (AvgIpc) is 2.53. The summed E-state index contributed by atoms with van der Waals surface area (Å²) < 4.78 is 24.8. The molecule has 0 heterocycles. The molecule has 0 radical (unpaired) electrons. The summed E-state index contributed by atoms with van der Waals surface area (Å²) in [4.78, 5) is 12.1. The van der Waals surface area contributed by atoms with Gasteiger partial charge in [-0.2, -0.15) is 0 Å². The molecule has 0 unspecified atom stereocenters. The van der Waals surface area contributed by atoms with Gasteiger partial charge in [0.2, 0.25) is 15.9 Å². The highest BCUT2D eigenvalue weighted by Gasteiger charge is 2.10. The van der Waals surface area contributed by atoms with Crippen molar-refractivity contribution in [1.82, 2.24) is 5.32 Å². The van der Waals surface area contributed by atoms with Crippen LogP contribution in [0.15, 0.2) is 48.5 Å². The molecule has 0 aliphatic heterocycles. The van der Waals surface area contributed by atoms with Crippen molar-refractivity contribution in [3.63, 3.8) is 0 Å². The maximum absolute atomic E-state index is 12.1. The summed E-state index contributed by atoms with van der Waals surface area (Å²) in [6.07, 6.45) is 2.14. The van der Waals surface area contributed by atoms with E-state index in [9.17, 15) is 13.2 Å². The van der Waals surface area contributed by atoms with Gasteiger partial charge >= 0.3 is 0 Å². The number of aryl methyl sites for hydroxylation is 1. The molecule has 25 heavy (non-hydrogen) atoms. The fraction of sp³-hybridized carbons (Fsp3) is 0.278. The predicted octanol–water partition coefficient (Wildman–Crippen LogP) is 3.52. The summed E-state index contributed by atoms with van der Waals surface area (Å²) in [7, 11) is -3.29. The lowest BCUT2D eigenvalue weighted by atomic mass is 10.1. The zero-order valence-corrected chi connectivity index (χ0v) is 15.7. The van der Waals surface area contributed by atoms with Crippen LogP contribution in [0.5, 0.6) is 0 Å². The minimum atomic E-state index is -3.29. The van der Waals surface area contributed by atoms with Gasteiger partial charge in [-0.3, -0.25) is 9.52 Å². The summed E-state index contributed by atoms with van der Waals surface area (Å²) in [5.41, 5.74) is 2.45. The molecule has 0 fully saturated rings. The Kier molecular flexibility index (Phi) is 6.45. The summed E-state index contributed by atoms with van der Waals surface area (Å²) >= 11 is 5.84. The highest BCUT2D eigenvalue weighted by atomic mass is 35.5. The van der Waals surface area contributed by atoms with E-state index in [2.05, 4.69) is 10.0 Å². The minimum absolute atomic E-state index is 0.0409. The van der Waals surface area contributed by atoms with Crippen LogP contribution in [0.2, 0.25) is 5.02 Å². The zero-order valence-electron chi connectivity index (χ0n) is 14.1. The van der Waals surface area contributed by atoms with Gasteiger partial charge in [-0.05, 0) is 48.7 Å². The topological polar surface area (TPSA) is 75.3 Å². The third-order valence-electron chi connectivity index (χ3n) is 3.65. The monoisotopic (exact) mass is 380 g/mol. The standard InChI is InChI=1S/C18H21ClN2O3S/c1-13(15-6-10-17(11-7-15)21-25(2,23)24)20-18(22)12-5-14-3-8-16(19)9-4-14/h3-4,6-11,13,21H,5,12H2,1-2H3,(H,20,22)/t13-/m0/s1. The number of nitrogens with one attached hydrogen (secondary N) is 2. The molecule has 0 aromatic heterocycles. The highest BCUT2D eigenvalue weighted by Crippen LogP contribution is 2.17. The minimum Gasteiger partial charge on any atom is -0.350 e. The van der Waals surface area contributed by atoms with Crippen molar-refractivity contribution in [2.24, 2.45) is 0 Å². The van der Waals surface area contributed by atoms with Crippen molar-refractivity contribution in [1.29, 1.82) is 0 Å². The second-order valence-corrected chi connectivity index (χ2v) is 8.10. The van der Waals surface area contributed by atoms with E-state index in [4.69, 9.17) is 11.6 Å². The molecule has 2 aromatic carbocycles. The number of carbonyl (C=O) groups is 1. The molecular weight excluding hydrogens is 360 g/mol. The van der Waals surface area contributed by atoms with E-state index in [1.807, 2.05) is 31.2 Å². The van der Waals surface area contributed by atoms with Crippen LogP contribution >= 0.6 is 11.6 Å². The number of sulfonamides is 1. The number of hydrogen-bond donors (Lipinski definition) is 2. The third-order valence-corrected chi connectivity index (χ3v) is 4.50. The second-order valence-electron chi connectivity index (χ2n) is 5.91. The average molecular weight is 381 g/mol. The number of rotatable bonds is 7. The molecule has 0 aliphatic carbocycles. The second kappa shape index (κ2) is 8.36. The first-order valence-electron chi connectivity index (χ1n) is 7.84. The van der Waals surface area contributed by atoms with Gasteiger partial charge in [0, 0.05) is 17.1 Å². The van der Waals surface area contributed by atoms with E-state index >= 15 is 0 Å². The molecule has 0 spiro atoms. The fourth-order valence-corrected chi connectivity index (χ4v) is 3.05. The Hall–Kier alpha value is -2.05. The first-order valence-corrected chi connectivity index (χ1v) is 10.1. The SMILES string of the molecule is C[C@H](NC(=O)CCc1ccc(Cl)cc1)c1ccc(NS(C)(=O)=O)cc1. The Morgan fingerprint density at radius 3 is 2.24 bits per heavy atom. The maximum Gasteiger partial charge on any atom is 0.229 e. The van der Waals surface area contributed by atoms with Crippen molar-refractivity contribution < 1.29 is 13.2 Å². The van der Waals surface area contributed by atoms with E-state index < -0.39 is 10.0 Å². The number of benzene rings is 2. The molecule has 2 rings (SSSR count). The molecule has 2 N–H and O–H groups in total. The van der Waals surface area contributed by atoms with Crippen LogP contribution in [0.25, 0.3) is 0 Å². The number of amides is 1. The molecule has 134 valence electrons. The van der Waals surface area contributed by atoms with Gasteiger partial charge in [0.05, 0.1) is 12.3 Å². The zero-order chi connectivity index (χ0) is 18.4. The van der Waals surface area contributed by atoms with Crippen LogP contribution in [0, 0.1) is 0 Å². The van der Waals surface area contributed by atoms with E-state index in [1.165, 1.54) is 0 Å². The fourth-order valence-electron chi connectivity index (χ4n) is 2.36. The van der Waals surface area contributed by atoms with Crippen molar-refractivity contribution in [2.75, 3.05) is 11.0 Å². The van der Waals surface area contributed by atoms with Crippen molar-refractivity contribution in [3.8, 4) is 0 Å². The largest absolute Gasteiger partial charge is 0.350 e. The summed E-state index contributed by atoms with van der Waals surface area (Å²) in [5.74, 6) is -0.0409. The Labute approximate surface area is 153 Å². The van der Waals surface area contributed by atoms with Gasteiger partial charge in [0.25, 0.3) is 0 Å². The molecule has 0 aliphatic rings. The molecule has 0 bridgehead atoms. The van der Waals surface area contributed by atoms with Crippen LogP contribution in [0.4, 0.5) is 5.69 Å². The number of halogens is 1. The van der Waals surface area contributed by atoms with E-state index in [-0.39, 0.29) is 11.9 Å². The van der Waals surface area contributed by atoms with Gasteiger partial charge in [0.1, 0.15) is 0 Å². The lowest BCUT2D eigenvalue weighted by Gasteiger charge is -2.15. The Morgan fingerprint density at radius 2 is 1.68 bits per heavy atom. The first-order chi connectivity index (χ1) is 11.7. The molecular formula is C18H21ClN2O3S. The van der Waals surface area contributed by atoms with Gasteiger partial charge < -0.3 is 5.32 Å². The lowest BCUT2D eigenvalue weighted by molar-refractivity contribution is -0.121. The van der Waals surface area contributed by atoms with Gasteiger partial charge in [-0.1, -0.05) is 35.9 Å². The van der Waals surface area contributed by atoms with Crippen molar-refractivity contribution >= 4 is 33.2 Å². The maximum atomic E-state index is 12.1. The van der Waals surface area contributed by atoms with Crippen molar-refractivity contribution in [2.45, 2.75) is 25.8 Å². The van der Waals surface area contributed by atoms with E-state index in [0.29, 0.717) is 23.6 Å². The van der Waals surface area contributed by atoms with Crippen LogP contribution < -0.4 is 10.0 Å². The van der Waals surface area contributed by atoms with Crippen LogP contribution in [0.1, 0.15) is 30.5 Å². The van der Waals surface area contributed by atoms with Gasteiger partial charge in [0.15, 0.2) is 0 Å². The number of hydrogen-bond acceptors (Lipinski definition) is 3. The summed E-state index contributed by atoms with van der Waals surface area (Å²) in [6.45, 7) is 1.89. The first kappa shape index (κ1) is 19.3. The Morgan fingerprint density at radius 1 is 1.08 bits per heavy atom. The van der Waals surface area contributed by atoms with Crippen LogP contribution in [0.3, 0.4) is 0 Å². The molecule has 5 nitrogen and oxygen atoms in total.